The van der Waals surface area contributed by atoms with Gasteiger partial charge in [0.15, 0.2) is 0 Å². The van der Waals surface area contributed by atoms with E-state index >= 15 is 0 Å². The fraction of sp³-hybridized carbons (Fsp3) is 0.167. The summed E-state index contributed by atoms with van der Waals surface area (Å²) < 4.78 is 6.31. The van der Waals surface area contributed by atoms with E-state index < -0.39 is 0 Å². The molecule has 0 bridgehead atoms. The zero-order chi connectivity index (χ0) is 17.1. The Morgan fingerprint density at radius 1 is 1.12 bits per heavy atom. The topological polar surface area (TPSA) is 55.3 Å². The van der Waals surface area contributed by atoms with Crippen LogP contribution in [0.3, 0.4) is 0 Å². The number of nitrogens with zero attached hydrogens (tertiary/aromatic N) is 3. The van der Waals surface area contributed by atoms with Crippen LogP contribution in [0, 0.1) is 0 Å². The number of hydrogen-bond acceptors (Lipinski definition) is 4. The van der Waals surface area contributed by atoms with Crippen LogP contribution in [0.2, 0.25) is 0 Å². The molecule has 1 aromatic heterocycles. The molecule has 0 aliphatic heterocycles. The van der Waals surface area contributed by atoms with E-state index in [1.54, 1.807) is 43.6 Å². The standard InChI is InChI=1S/C18H16BrN3O2/c1-22(11-13-9-14(19)4-6-17(13)24-2)18(23)12-3-5-15-16(10-12)21-8-7-20-15/h3-10H,11H2,1-2H3. The van der Waals surface area contributed by atoms with Gasteiger partial charge in [-0.3, -0.25) is 14.8 Å². The second-order valence-electron chi connectivity index (χ2n) is 5.38. The molecule has 0 radical (unpaired) electrons. The summed E-state index contributed by atoms with van der Waals surface area (Å²) in [6.07, 6.45) is 3.25. The first-order chi connectivity index (χ1) is 11.6. The highest BCUT2D eigenvalue weighted by atomic mass is 79.9. The van der Waals surface area contributed by atoms with Gasteiger partial charge in [-0.1, -0.05) is 15.9 Å². The number of halogens is 1. The average Bonchev–Trinajstić information content (AvgIpc) is 2.61. The molecule has 0 atom stereocenters. The molecule has 3 aromatic rings. The van der Waals surface area contributed by atoms with Crippen molar-refractivity contribution in [3.63, 3.8) is 0 Å². The van der Waals surface area contributed by atoms with Gasteiger partial charge >= 0.3 is 0 Å². The fourth-order valence-corrected chi connectivity index (χ4v) is 2.92. The largest absolute Gasteiger partial charge is 0.496 e. The quantitative estimate of drug-likeness (QED) is 0.687. The number of hydrogen-bond donors (Lipinski definition) is 0. The Bertz CT molecular complexity index is 898. The van der Waals surface area contributed by atoms with Crippen molar-refractivity contribution in [2.45, 2.75) is 6.54 Å². The molecule has 2 aromatic carbocycles. The first-order valence-electron chi connectivity index (χ1n) is 7.37. The maximum Gasteiger partial charge on any atom is 0.253 e. The molecule has 0 saturated heterocycles. The van der Waals surface area contributed by atoms with E-state index in [4.69, 9.17) is 4.74 Å². The second-order valence-corrected chi connectivity index (χ2v) is 6.29. The molecular formula is C18H16BrN3O2. The van der Waals surface area contributed by atoms with Crippen molar-refractivity contribution >= 4 is 32.9 Å². The van der Waals surface area contributed by atoms with Gasteiger partial charge in [0.05, 0.1) is 18.1 Å². The van der Waals surface area contributed by atoms with Crippen LogP contribution in [0.15, 0.2) is 53.3 Å². The molecule has 0 unspecified atom stereocenters. The first kappa shape index (κ1) is 16.4. The van der Waals surface area contributed by atoms with Crippen molar-refractivity contribution in [3.05, 3.63) is 64.4 Å². The summed E-state index contributed by atoms with van der Waals surface area (Å²) in [6, 6.07) is 11.1. The molecule has 0 N–H and O–H groups in total. The lowest BCUT2D eigenvalue weighted by Crippen LogP contribution is -2.26. The van der Waals surface area contributed by atoms with Crippen LogP contribution in [-0.2, 0) is 6.54 Å². The van der Waals surface area contributed by atoms with Crippen molar-refractivity contribution < 1.29 is 9.53 Å². The summed E-state index contributed by atoms with van der Waals surface area (Å²) in [6.45, 7) is 0.444. The molecule has 0 aliphatic rings. The molecule has 3 rings (SSSR count). The molecule has 1 heterocycles. The molecule has 0 saturated carbocycles. The van der Waals surface area contributed by atoms with Gasteiger partial charge in [-0.15, -0.1) is 0 Å². The zero-order valence-electron chi connectivity index (χ0n) is 13.4. The smallest absolute Gasteiger partial charge is 0.253 e. The Balaban J connectivity index is 1.85. The summed E-state index contributed by atoms with van der Waals surface area (Å²) in [7, 11) is 3.39. The number of benzene rings is 2. The highest BCUT2D eigenvalue weighted by Crippen LogP contribution is 2.24. The molecule has 0 aliphatic carbocycles. The lowest BCUT2D eigenvalue weighted by molar-refractivity contribution is 0.0784. The molecule has 5 nitrogen and oxygen atoms in total. The van der Waals surface area contributed by atoms with Crippen molar-refractivity contribution in [2.24, 2.45) is 0 Å². The zero-order valence-corrected chi connectivity index (χ0v) is 14.9. The van der Waals surface area contributed by atoms with E-state index in [0.717, 1.165) is 21.3 Å². The van der Waals surface area contributed by atoms with Crippen LogP contribution >= 0.6 is 15.9 Å². The van der Waals surface area contributed by atoms with E-state index in [9.17, 15) is 4.79 Å². The first-order valence-corrected chi connectivity index (χ1v) is 8.16. The Morgan fingerprint density at radius 3 is 2.62 bits per heavy atom. The minimum Gasteiger partial charge on any atom is -0.496 e. The maximum atomic E-state index is 12.7. The minimum atomic E-state index is -0.0791. The summed E-state index contributed by atoms with van der Waals surface area (Å²) in [5.74, 6) is 0.673. The van der Waals surface area contributed by atoms with Crippen LogP contribution in [0.1, 0.15) is 15.9 Å². The number of rotatable bonds is 4. The summed E-state index contributed by atoms with van der Waals surface area (Å²) >= 11 is 3.45. The lowest BCUT2D eigenvalue weighted by atomic mass is 10.1. The SMILES string of the molecule is COc1ccc(Br)cc1CN(C)C(=O)c1ccc2nccnc2c1. The van der Waals surface area contributed by atoms with E-state index in [-0.39, 0.29) is 5.91 Å². The van der Waals surface area contributed by atoms with Gasteiger partial charge in [0.25, 0.3) is 5.91 Å². The third-order valence-electron chi connectivity index (χ3n) is 3.71. The highest BCUT2D eigenvalue weighted by molar-refractivity contribution is 9.10. The second kappa shape index (κ2) is 6.97. The van der Waals surface area contributed by atoms with Gasteiger partial charge in [0.1, 0.15) is 5.75 Å². The van der Waals surface area contributed by atoms with Gasteiger partial charge < -0.3 is 9.64 Å². The Hall–Kier alpha value is -2.47. The van der Waals surface area contributed by atoms with Gasteiger partial charge in [0, 0.05) is 41.6 Å². The summed E-state index contributed by atoms with van der Waals surface area (Å²) in [5.41, 5.74) is 2.99. The van der Waals surface area contributed by atoms with Crippen molar-refractivity contribution in [3.8, 4) is 5.75 Å². The number of ether oxygens (including phenoxy) is 1. The number of amides is 1. The molecule has 1 amide bonds. The van der Waals surface area contributed by atoms with Crippen molar-refractivity contribution in [2.75, 3.05) is 14.2 Å². The number of aromatic nitrogens is 2. The van der Waals surface area contributed by atoms with Crippen LogP contribution in [0.4, 0.5) is 0 Å². The monoisotopic (exact) mass is 385 g/mol. The molecule has 122 valence electrons. The predicted molar refractivity (Wildman–Crippen MR) is 96.0 cm³/mol. The van der Waals surface area contributed by atoms with Crippen LogP contribution in [0.5, 0.6) is 5.75 Å². The lowest BCUT2D eigenvalue weighted by Gasteiger charge is -2.19. The summed E-state index contributed by atoms with van der Waals surface area (Å²) in [5, 5.41) is 0. The number of methoxy groups -OCH3 is 1. The van der Waals surface area contributed by atoms with Gasteiger partial charge in [-0.25, -0.2) is 0 Å². The van der Waals surface area contributed by atoms with Crippen molar-refractivity contribution in [1.82, 2.24) is 14.9 Å². The molecule has 6 heteroatoms. The number of carbonyl (C=O) groups is 1. The fourth-order valence-electron chi connectivity index (χ4n) is 2.51. The highest BCUT2D eigenvalue weighted by Gasteiger charge is 2.15. The number of fused-ring (bicyclic) bond motifs is 1. The van der Waals surface area contributed by atoms with Crippen LogP contribution in [0.25, 0.3) is 11.0 Å². The molecule has 24 heavy (non-hydrogen) atoms. The van der Waals surface area contributed by atoms with Crippen LogP contribution < -0.4 is 4.74 Å². The van der Waals surface area contributed by atoms with Crippen LogP contribution in [-0.4, -0.2) is 34.9 Å². The van der Waals surface area contributed by atoms with Gasteiger partial charge in [0.2, 0.25) is 0 Å². The van der Waals surface area contributed by atoms with Gasteiger partial charge in [-0.2, -0.15) is 0 Å². The van der Waals surface area contributed by atoms with E-state index in [2.05, 4.69) is 25.9 Å². The molecular weight excluding hydrogens is 370 g/mol. The van der Waals surface area contributed by atoms with E-state index in [0.29, 0.717) is 17.6 Å². The normalized spacial score (nSPS) is 10.6. The van der Waals surface area contributed by atoms with E-state index in [1.165, 1.54) is 0 Å². The summed E-state index contributed by atoms with van der Waals surface area (Å²) in [4.78, 5) is 22.8. The molecule has 0 spiro atoms. The Labute approximate surface area is 148 Å². The third kappa shape index (κ3) is 3.38. The van der Waals surface area contributed by atoms with Crippen molar-refractivity contribution in [1.29, 1.82) is 0 Å². The molecule has 0 fully saturated rings. The number of carbonyl (C=O) groups excluding carboxylic acids is 1. The minimum absolute atomic E-state index is 0.0791. The Kier molecular flexibility index (Phi) is 4.76. The average molecular weight is 386 g/mol. The third-order valence-corrected chi connectivity index (χ3v) is 4.21. The Morgan fingerprint density at radius 2 is 1.88 bits per heavy atom. The van der Waals surface area contributed by atoms with Gasteiger partial charge in [-0.05, 0) is 36.4 Å². The maximum absolute atomic E-state index is 12.7. The predicted octanol–water partition coefficient (Wildman–Crippen LogP) is 3.67. The van der Waals surface area contributed by atoms with E-state index in [1.807, 2.05) is 24.3 Å².